The summed E-state index contributed by atoms with van der Waals surface area (Å²) in [5.74, 6) is 0.757. The monoisotopic (exact) mass is 349 g/mol. The van der Waals surface area contributed by atoms with Crippen molar-refractivity contribution >= 4 is 21.4 Å². The number of aryl methyl sites for hydroxylation is 1. The van der Waals surface area contributed by atoms with E-state index in [1.165, 1.54) is 16.0 Å². The van der Waals surface area contributed by atoms with Gasteiger partial charge in [-0.25, -0.2) is 4.68 Å². The van der Waals surface area contributed by atoms with Gasteiger partial charge >= 0.3 is 0 Å². The van der Waals surface area contributed by atoms with E-state index in [1.807, 2.05) is 41.8 Å². The number of aromatic nitrogens is 3. The van der Waals surface area contributed by atoms with E-state index in [0.29, 0.717) is 5.39 Å². The van der Waals surface area contributed by atoms with E-state index in [4.69, 9.17) is 4.74 Å². The van der Waals surface area contributed by atoms with Crippen LogP contribution >= 0.6 is 11.3 Å². The number of hydrogen-bond acceptors (Lipinski definition) is 5. The number of fused-ring (bicyclic) bond motifs is 1. The summed E-state index contributed by atoms with van der Waals surface area (Å²) in [5.41, 5.74) is 3.48. The molecule has 0 N–H and O–H groups in total. The minimum absolute atomic E-state index is 0.102. The number of rotatable bonds is 3. The first-order valence-electron chi connectivity index (χ1n) is 7.72. The Bertz CT molecular complexity index is 1120. The predicted molar refractivity (Wildman–Crippen MR) is 100 cm³/mol. The van der Waals surface area contributed by atoms with Gasteiger partial charge in [-0.1, -0.05) is 12.1 Å². The summed E-state index contributed by atoms with van der Waals surface area (Å²) in [6.45, 7) is 0. The second-order valence-corrected chi connectivity index (χ2v) is 6.48. The van der Waals surface area contributed by atoms with Crippen molar-refractivity contribution in [3.63, 3.8) is 0 Å². The quantitative estimate of drug-likeness (QED) is 0.565. The lowest BCUT2D eigenvalue weighted by Gasteiger charge is -2.08. The minimum Gasteiger partial charge on any atom is -0.497 e. The highest BCUT2D eigenvalue weighted by molar-refractivity contribution is 7.18. The van der Waals surface area contributed by atoms with E-state index >= 15 is 0 Å². The van der Waals surface area contributed by atoms with Gasteiger partial charge in [0.1, 0.15) is 11.4 Å². The smallest absolute Gasteiger partial charge is 0.275 e. The number of methoxy groups -OCH3 is 1. The standard InChI is InChI=1S/C19H15N3O2S/c1-22-19(23)16-15(12-6-8-20-9-7-12)11-25-18(16)17(21-22)13-4-3-5-14(10-13)24-2/h3-11H,1-2H3. The van der Waals surface area contributed by atoms with Crippen molar-refractivity contribution in [2.24, 2.45) is 7.05 Å². The van der Waals surface area contributed by atoms with Crippen LogP contribution in [-0.4, -0.2) is 21.9 Å². The molecule has 6 heteroatoms. The van der Waals surface area contributed by atoms with E-state index in [9.17, 15) is 4.79 Å². The van der Waals surface area contributed by atoms with Crippen molar-refractivity contribution in [3.8, 4) is 28.1 Å². The first-order chi connectivity index (χ1) is 12.2. The third kappa shape index (κ3) is 2.60. The Kier molecular flexibility index (Phi) is 3.82. The fourth-order valence-electron chi connectivity index (χ4n) is 2.85. The van der Waals surface area contributed by atoms with E-state index in [2.05, 4.69) is 10.1 Å². The molecule has 0 bridgehead atoms. The normalized spacial score (nSPS) is 11.0. The summed E-state index contributed by atoms with van der Waals surface area (Å²) >= 11 is 1.53. The predicted octanol–water partition coefficient (Wildman–Crippen LogP) is 3.73. The van der Waals surface area contributed by atoms with E-state index < -0.39 is 0 Å². The van der Waals surface area contributed by atoms with Gasteiger partial charge in [-0.3, -0.25) is 9.78 Å². The number of ether oxygens (including phenoxy) is 1. The third-order valence-electron chi connectivity index (χ3n) is 4.10. The summed E-state index contributed by atoms with van der Waals surface area (Å²) in [6, 6.07) is 11.5. The Morgan fingerprint density at radius 2 is 1.92 bits per heavy atom. The molecule has 4 rings (SSSR count). The molecule has 0 saturated carbocycles. The highest BCUT2D eigenvalue weighted by Crippen LogP contribution is 2.37. The van der Waals surface area contributed by atoms with Gasteiger partial charge < -0.3 is 4.74 Å². The topological polar surface area (TPSA) is 57.0 Å². The Balaban J connectivity index is 2.03. The van der Waals surface area contributed by atoms with Gasteiger partial charge in [0.15, 0.2) is 0 Å². The summed E-state index contributed by atoms with van der Waals surface area (Å²) < 4.78 is 7.59. The number of thiophene rings is 1. The van der Waals surface area contributed by atoms with Crippen LogP contribution in [0.25, 0.3) is 32.5 Å². The van der Waals surface area contributed by atoms with Crippen molar-refractivity contribution in [1.29, 1.82) is 0 Å². The fourth-order valence-corrected chi connectivity index (χ4v) is 3.93. The molecule has 0 aliphatic carbocycles. The van der Waals surface area contributed by atoms with Crippen LogP contribution < -0.4 is 10.3 Å². The van der Waals surface area contributed by atoms with Gasteiger partial charge in [-0.05, 0) is 29.8 Å². The maximum Gasteiger partial charge on any atom is 0.275 e. The zero-order chi connectivity index (χ0) is 17.4. The molecule has 0 amide bonds. The Morgan fingerprint density at radius 1 is 1.12 bits per heavy atom. The lowest BCUT2D eigenvalue weighted by Crippen LogP contribution is -2.20. The molecule has 0 aliphatic rings. The highest BCUT2D eigenvalue weighted by atomic mass is 32.1. The second-order valence-electron chi connectivity index (χ2n) is 5.60. The molecule has 4 aromatic rings. The SMILES string of the molecule is COc1cccc(-c2nn(C)c(=O)c3c(-c4ccncc4)csc23)c1. The van der Waals surface area contributed by atoms with E-state index in [-0.39, 0.29) is 5.56 Å². The van der Waals surface area contributed by atoms with E-state index in [0.717, 1.165) is 32.8 Å². The number of hydrogen-bond donors (Lipinski definition) is 0. The van der Waals surface area contributed by atoms with Crippen molar-refractivity contribution in [2.45, 2.75) is 0 Å². The van der Waals surface area contributed by atoms with Crippen LogP contribution in [-0.2, 0) is 7.05 Å². The zero-order valence-electron chi connectivity index (χ0n) is 13.8. The molecule has 0 fully saturated rings. The molecule has 0 unspecified atom stereocenters. The molecular weight excluding hydrogens is 334 g/mol. The molecule has 124 valence electrons. The summed E-state index contributed by atoms with van der Waals surface area (Å²) in [7, 11) is 3.31. The van der Waals surface area contributed by atoms with Gasteiger partial charge in [0.25, 0.3) is 5.56 Å². The number of benzene rings is 1. The lowest BCUT2D eigenvalue weighted by molar-refractivity contribution is 0.415. The van der Waals surface area contributed by atoms with Gasteiger partial charge in [0, 0.05) is 35.9 Å². The first-order valence-corrected chi connectivity index (χ1v) is 8.60. The Morgan fingerprint density at radius 3 is 2.68 bits per heavy atom. The van der Waals surface area contributed by atoms with Crippen LogP contribution in [0.2, 0.25) is 0 Å². The summed E-state index contributed by atoms with van der Waals surface area (Å²) in [4.78, 5) is 16.8. The van der Waals surface area contributed by atoms with Crippen LogP contribution in [0, 0.1) is 0 Å². The highest BCUT2D eigenvalue weighted by Gasteiger charge is 2.17. The van der Waals surface area contributed by atoms with Crippen molar-refractivity contribution < 1.29 is 4.74 Å². The molecule has 0 radical (unpaired) electrons. The molecule has 5 nitrogen and oxygen atoms in total. The molecule has 3 aromatic heterocycles. The van der Waals surface area contributed by atoms with E-state index in [1.54, 1.807) is 26.6 Å². The van der Waals surface area contributed by atoms with Crippen LogP contribution in [0.3, 0.4) is 0 Å². The zero-order valence-corrected chi connectivity index (χ0v) is 14.6. The number of pyridine rings is 1. The Labute approximate surface area is 148 Å². The van der Waals surface area contributed by atoms with Gasteiger partial charge in [-0.15, -0.1) is 11.3 Å². The summed E-state index contributed by atoms with van der Waals surface area (Å²) in [6.07, 6.45) is 3.46. The van der Waals surface area contributed by atoms with Gasteiger partial charge in [0.2, 0.25) is 0 Å². The average Bonchev–Trinajstić information content (AvgIpc) is 3.11. The van der Waals surface area contributed by atoms with Gasteiger partial charge in [0.05, 0.1) is 17.2 Å². The third-order valence-corrected chi connectivity index (χ3v) is 5.09. The van der Waals surface area contributed by atoms with Crippen LogP contribution in [0.1, 0.15) is 0 Å². The lowest BCUT2D eigenvalue weighted by atomic mass is 10.1. The maximum atomic E-state index is 12.8. The number of nitrogens with zero attached hydrogens (tertiary/aromatic N) is 3. The molecule has 25 heavy (non-hydrogen) atoms. The van der Waals surface area contributed by atoms with Crippen molar-refractivity contribution in [2.75, 3.05) is 7.11 Å². The molecular formula is C19H15N3O2S. The molecule has 0 saturated heterocycles. The molecule has 0 spiro atoms. The van der Waals surface area contributed by atoms with Gasteiger partial charge in [-0.2, -0.15) is 5.10 Å². The minimum atomic E-state index is -0.102. The van der Waals surface area contributed by atoms with Crippen molar-refractivity contribution in [1.82, 2.24) is 14.8 Å². The molecule has 1 aromatic carbocycles. The van der Waals surface area contributed by atoms with Crippen LogP contribution in [0.5, 0.6) is 5.75 Å². The second kappa shape index (κ2) is 6.14. The summed E-state index contributed by atoms with van der Waals surface area (Å²) in [5, 5.41) is 7.19. The first kappa shape index (κ1) is 15.5. The van der Waals surface area contributed by atoms with Crippen LogP contribution in [0.4, 0.5) is 0 Å². The average molecular weight is 349 g/mol. The molecule has 3 heterocycles. The molecule has 0 aliphatic heterocycles. The largest absolute Gasteiger partial charge is 0.497 e. The molecule has 0 atom stereocenters. The van der Waals surface area contributed by atoms with Crippen LogP contribution in [0.15, 0.2) is 59.0 Å². The fraction of sp³-hybridized carbons (Fsp3) is 0.105. The Hall–Kier alpha value is -2.99. The maximum absolute atomic E-state index is 12.8. The van der Waals surface area contributed by atoms with Crippen molar-refractivity contribution in [3.05, 3.63) is 64.5 Å².